The number of aryl methyl sites for hydroxylation is 1. The molecule has 2 amide bonds. The predicted octanol–water partition coefficient (Wildman–Crippen LogP) is 3.60. The summed E-state index contributed by atoms with van der Waals surface area (Å²) < 4.78 is 26.8. The summed E-state index contributed by atoms with van der Waals surface area (Å²) in [7, 11) is -2.57. The third-order valence-corrected chi connectivity index (χ3v) is 7.09. The van der Waals surface area contributed by atoms with Gasteiger partial charge in [0.05, 0.1) is 11.4 Å². The quantitative estimate of drug-likeness (QED) is 0.608. The largest absolute Gasteiger partial charge is 0.350 e. The van der Waals surface area contributed by atoms with E-state index in [-0.39, 0.29) is 17.3 Å². The van der Waals surface area contributed by atoms with Crippen LogP contribution in [0.1, 0.15) is 38.8 Å². The fourth-order valence-electron chi connectivity index (χ4n) is 3.10. The highest BCUT2D eigenvalue weighted by atomic mass is 35.5. The zero-order valence-corrected chi connectivity index (χ0v) is 21.5. The number of hydrogen-bond acceptors (Lipinski definition) is 4. The van der Waals surface area contributed by atoms with Crippen molar-refractivity contribution in [2.45, 2.75) is 57.6 Å². The minimum atomic E-state index is -3.91. The minimum absolute atomic E-state index is 0.0332. The van der Waals surface area contributed by atoms with Crippen LogP contribution in [-0.4, -0.2) is 54.6 Å². The van der Waals surface area contributed by atoms with E-state index in [1.54, 1.807) is 6.92 Å². The molecule has 0 aromatic heterocycles. The van der Waals surface area contributed by atoms with Gasteiger partial charge in [-0.05, 0) is 64.4 Å². The average Bonchev–Trinajstić information content (AvgIpc) is 2.71. The van der Waals surface area contributed by atoms with Crippen LogP contribution in [0.15, 0.2) is 53.4 Å². The van der Waals surface area contributed by atoms with Crippen LogP contribution in [0.25, 0.3) is 0 Å². The molecular weight excluding hydrogens is 462 g/mol. The van der Waals surface area contributed by atoms with Crippen LogP contribution in [0.4, 0.5) is 0 Å². The number of hydrogen-bond donors (Lipinski definition) is 1. The van der Waals surface area contributed by atoms with E-state index in [1.165, 1.54) is 36.2 Å². The van der Waals surface area contributed by atoms with Gasteiger partial charge in [0, 0.05) is 24.2 Å². The second-order valence-corrected chi connectivity index (χ2v) is 11.6. The fourth-order valence-corrected chi connectivity index (χ4v) is 4.35. The molecule has 9 heteroatoms. The van der Waals surface area contributed by atoms with Crippen molar-refractivity contribution in [3.8, 4) is 0 Å². The summed E-state index contributed by atoms with van der Waals surface area (Å²) in [6.07, 6.45) is 0. The Hall–Kier alpha value is -2.42. The number of benzene rings is 2. The summed E-state index contributed by atoms with van der Waals surface area (Å²) in [4.78, 5) is 27.6. The summed E-state index contributed by atoms with van der Waals surface area (Å²) >= 11 is 5.86. The molecule has 0 unspecified atom stereocenters. The molecular formula is C24H32ClN3O4S. The minimum Gasteiger partial charge on any atom is -0.350 e. The number of carbonyl (C=O) groups excluding carboxylic acids is 2. The van der Waals surface area contributed by atoms with Gasteiger partial charge in [-0.1, -0.05) is 41.4 Å². The number of nitrogens with one attached hydrogen (secondary N) is 1. The Morgan fingerprint density at radius 2 is 1.58 bits per heavy atom. The molecule has 0 fully saturated rings. The molecule has 180 valence electrons. The maximum absolute atomic E-state index is 13.3. The Balaban J connectivity index is 2.28. The Morgan fingerprint density at radius 1 is 1.03 bits per heavy atom. The van der Waals surface area contributed by atoms with E-state index in [0.717, 1.165) is 15.4 Å². The normalized spacial score (nSPS) is 13.0. The molecule has 0 saturated heterocycles. The van der Waals surface area contributed by atoms with E-state index in [4.69, 9.17) is 11.6 Å². The van der Waals surface area contributed by atoms with Crippen molar-refractivity contribution in [1.29, 1.82) is 0 Å². The average molecular weight is 494 g/mol. The zero-order valence-electron chi connectivity index (χ0n) is 19.9. The summed E-state index contributed by atoms with van der Waals surface area (Å²) in [6.45, 7) is 8.93. The highest BCUT2D eigenvalue weighted by Gasteiger charge is 2.31. The van der Waals surface area contributed by atoms with Crippen LogP contribution >= 0.6 is 11.6 Å². The summed E-state index contributed by atoms with van der Waals surface area (Å²) in [5.74, 6) is -0.793. The monoisotopic (exact) mass is 493 g/mol. The Kier molecular flexibility index (Phi) is 8.68. The van der Waals surface area contributed by atoms with Gasteiger partial charge in [-0.2, -0.15) is 4.31 Å². The van der Waals surface area contributed by atoms with Crippen molar-refractivity contribution in [3.63, 3.8) is 0 Å². The zero-order chi connectivity index (χ0) is 25.0. The van der Waals surface area contributed by atoms with Crippen LogP contribution in [0, 0.1) is 6.92 Å². The molecule has 2 aromatic rings. The molecule has 0 bridgehead atoms. The Labute approximate surface area is 201 Å². The van der Waals surface area contributed by atoms with Gasteiger partial charge in [0.2, 0.25) is 21.8 Å². The first kappa shape index (κ1) is 26.8. The van der Waals surface area contributed by atoms with E-state index in [2.05, 4.69) is 5.32 Å². The molecule has 0 aliphatic rings. The maximum Gasteiger partial charge on any atom is 0.243 e. The third-order valence-electron chi connectivity index (χ3n) is 5.02. The smallest absolute Gasteiger partial charge is 0.243 e. The third kappa shape index (κ3) is 7.55. The predicted molar refractivity (Wildman–Crippen MR) is 130 cm³/mol. The number of sulfonamides is 1. The van der Waals surface area contributed by atoms with Gasteiger partial charge in [-0.25, -0.2) is 8.42 Å². The van der Waals surface area contributed by atoms with Crippen LogP contribution in [-0.2, 0) is 26.2 Å². The van der Waals surface area contributed by atoms with Crippen LogP contribution in [0.5, 0.6) is 0 Å². The molecule has 0 spiro atoms. The van der Waals surface area contributed by atoms with E-state index in [0.29, 0.717) is 5.02 Å². The van der Waals surface area contributed by atoms with Crippen molar-refractivity contribution in [2.75, 3.05) is 13.6 Å². The lowest BCUT2D eigenvalue weighted by atomic mass is 10.1. The van der Waals surface area contributed by atoms with Crippen LogP contribution < -0.4 is 5.32 Å². The fraction of sp³-hybridized carbons (Fsp3) is 0.417. The lowest BCUT2D eigenvalue weighted by Gasteiger charge is -2.32. The molecule has 0 aliphatic carbocycles. The number of halogens is 1. The second-order valence-electron chi connectivity index (χ2n) is 9.14. The van der Waals surface area contributed by atoms with Gasteiger partial charge in [-0.15, -0.1) is 0 Å². The van der Waals surface area contributed by atoms with Crippen molar-refractivity contribution < 1.29 is 18.0 Å². The van der Waals surface area contributed by atoms with Crippen molar-refractivity contribution in [1.82, 2.24) is 14.5 Å². The Morgan fingerprint density at radius 3 is 2.09 bits per heavy atom. The van der Waals surface area contributed by atoms with E-state index in [9.17, 15) is 18.0 Å². The number of carbonyl (C=O) groups is 2. The number of rotatable bonds is 8. The standard InChI is InChI=1S/C24H32ClN3O4S/c1-17-7-9-19(10-8-17)15-28(18(2)23(30)26-24(3,4)5)22(29)16-27(6)33(31,32)21-13-11-20(25)12-14-21/h7-14,18H,15-16H2,1-6H3,(H,26,30)/t18-/m1/s1. The molecule has 0 heterocycles. The van der Waals surface area contributed by atoms with E-state index >= 15 is 0 Å². The Bertz CT molecular complexity index is 1080. The molecule has 1 N–H and O–H groups in total. The lowest BCUT2D eigenvalue weighted by Crippen LogP contribution is -2.54. The molecule has 7 nitrogen and oxygen atoms in total. The van der Waals surface area contributed by atoms with Crippen LogP contribution in [0.2, 0.25) is 5.02 Å². The summed E-state index contributed by atoms with van der Waals surface area (Å²) in [5, 5.41) is 3.30. The molecule has 0 saturated carbocycles. The van der Waals surface area contributed by atoms with Gasteiger partial charge in [0.25, 0.3) is 0 Å². The van der Waals surface area contributed by atoms with Crippen LogP contribution in [0.3, 0.4) is 0 Å². The molecule has 0 aliphatic heterocycles. The number of amides is 2. The summed E-state index contributed by atoms with van der Waals surface area (Å²) in [5.41, 5.74) is 1.44. The van der Waals surface area contributed by atoms with Gasteiger partial charge in [0.1, 0.15) is 6.04 Å². The number of nitrogens with zero attached hydrogens (tertiary/aromatic N) is 2. The molecule has 2 aromatic carbocycles. The van der Waals surface area contributed by atoms with E-state index < -0.39 is 34.1 Å². The lowest BCUT2D eigenvalue weighted by molar-refractivity contribution is -0.141. The highest BCUT2D eigenvalue weighted by molar-refractivity contribution is 7.89. The number of likely N-dealkylation sites (N-methyl/N-ethyl adjacent to an activating group) is 1. The molecule has 33 heavy (non-hydrogen) atoms. The first-order valence-electron chi connectivity index (χ1n) is 10.6. The van der Waals surface area contributed by atoms with Crippen molar-refractivity contribution >= 4 is 33.4 Å². The van der Waals surface area contributed by atoms with Gasteiger partial charge < -0.3 is 10.2 Å². The summed E-state index contributed by atoms with van der Waals surface area (Å²) in [6, 6.07) is 12.6. The SMILES string of the molecule is Cc1ccc(CN(C(=O)CN(C)S(=O)(=O)c2ccc(Cl)cc2)[C@H](C)C(=O)NC(C)(C)C)cc1. The van der Waals surface area contributed by atoms with Crippen molar-refractivity contribution in [2.24, 2.45) is 0 Å². The molecule has 0 radical (unpaired) electrons. The first-order valence-corrected chi connectivity index (χ1v) is 12.4. The van der Waals surface area contributed by atoms with Gasteiger partial charge >= 0.3 is 0 Å². The second kappa shape index (κ2) is 10.7. The first-order chi connectivity index (χ1) is 15.2. The molecule has 1 atom stereocenters. The highest BCUT2D eigenvalue weighted by Crippen LogP contribution is 2.19. The van der Waals surface area contributed by atoms with Crippen molar-refractivity contribution in [3.05, 3.63) is 64.7 Å². The van der Waals surface area contributed by atoms with E-state index in [1.807, 2.05) is 52.0 Å². The van der Waals surface area contributed by atoms with Gasteiger partial charge in [-0.3, -0.25) is 9.59 Å². The topological polar surface area (TPSA) is 86.8 Å². The maximum atomic E-state index is 13.3. The van der Waals surface area contributed by atoms with Gasteiger partial charge in [0.15, 0.2) is 0 Å². The molecule has 2 rings (SSSR count).